The fourth-order valence-electron chi connectivity index (χ4n) is 8.43. The van der Waals surface area contributed by atoms with Crippen molar-refractivity contribution in [3.8, 4) is 11.6 Å². The number of para-hydroxylation sites is 1. The first-order valence-electron chi connectivity index (χ1n) is 15.9. The zero-order valence-corrected chi connectivity index (χ0v) is 26.9. The van der Waals surface area contributed by atoms with Gasteiger partial charge in [-0.15, -0.1) is 0 Å². The molecular formula is C37H35ClN2O7. The van der Waals surface area contributed by atoms with Gasteiger partial charge in [0.2, 0.25) is 5.88 Å². The Hall–Kier alpha value is -4.63. The average Bonchev–Trinajstić information content (AvgIpc) is 3.04. The summed E-state index contributed by atoms with van der Waals surface area (Å²) in [6.45, 7) is 1.48. The maximum atomic E-state index is 13.9. The summed E-state index contributed by atoms with van der Waals surface area (Å²) >= 11 is 6.35. The summed E-state index contributed by atoms with van der Waals surface area (Å²) in [6.07, 6.45) is 3.75. The van der Waals surface area contributed by atoms with Crippen molar-refractivity contribution in [3.63, 3.8) is 0 Å². The predicted molar refractivity (Wildman–Crippen MR) is 176 cm³/mol. The molecule has 1 amide bonds. The van der Waals surface area contributed by atoms with Crippen LogP contribution in [-0.4, -0.2) is 41.4 Å². The molecule has 3 aromatic carbocycles. The molecule has 4 fully saturated rings. The summed E-state index contributed by atoms with van der Waals surface area (Å²) in [4.78, 5) is 51.7. The van der Waals surface area contributed by atoms with Gasteiger partial charge in [-0.3, -0.25) is 19.0 Å². The monoisotopic (exact) mass is 654 g/mol. The van der Waals surface area contributed by atoms with Crippen molar-refractivity contribution in [2.24, 2.45) is 17.8 Å². The molecule has 9 nitrogen and oxygen atoms in total. The number of ether oxygens (including phenoxy) is 3. The zero-order chi connectivity index (χ0) is 32.9. The smallest absolute Gasteiger partial charge is 0.459 e. The Balaban J connectivity index is 1.17. The highest BCUT2D eigenvalue weighted by molar-refractivity contribution is 6.31. The lowest BCUT2D eigenvalue weighted by atomic mass is 9.52. The molecule has 0 aliphatic heterocycles. The molecule has 242 valence electrons. The maximum Gasteiger partial charge on any atom is 0.514 e. The minimum Gasteiger partial charge on any atom is -0.459 e. The number of amides is 1. The number of fused-ring (bicyclic) bond motifs is 1. The second-order valence-electron chi connectivity index (χ2n) is 13.1. The van der Waals surface area contributed by atoms with Crippen molar-refractivity contribution in [1.29, 1.82) is 0 Å². The van der Waals surface area contributed by atoms with Crippen LogP contribution in [0.15, 0.2) is 77.6 Å². The van der Waals surface area contributed by atoms with Crippen LogP contribution in [0.2, 0.25) is 5.02 Å². The number of rotatable bonds is 7. The standard InChI is InChI=1S/C37H35ClN2O7/c1-21(41)47-37-18-23-14-25(19-37)32(26(15-23)20-37)39-34(43)24-10-8-22(9-11-24)16-30-33(42)29-13-12-27(38)17-31(29)40(28-6-4-3-5-7-28)35(30)46-36(44)45-2/h3-13,17,23,25-26,32H,14-16,18-20H2,1-2H3,(H,39,43)/t23?,25-,26+,32?,37?. The fraction of sp³-hybridized carbons (Fsp3) is 0.351. The van der Waals surface area contributed by atoms with Gasteiger partial charge >= 0.3 is 12.1 Å². The lowest BCUT2D eigenvalue weighted by Gasteiger charge is -2.59. The quantitative estimate of drug-likeness (QED) is 0.223. The summed E-state index contributed by atoms with van der Waals surface area (Å²) in [7, 11) is 1.20. The van der Waals surface area contributed by atoms with Gasteiger partial charge in [0.15, 0.2) is 5.43 Å². The summed E-state index contributed by atoms with van der Waals surface area (Å²) in [6, 6.07) is 21.4. The van der Waals surface area contributed by atoms with Crippen molar-refractivity contribution in [2.45, 2.75) is 57.1 Å². The molecule has 3 unspecified atom stereocenters. The van der Waals surface area contributed by atoms with E-state index in [1.807, 2.05) is 42.5 Å². The van der Waals surface area contributed by atoms with Crippen LogP contribution in [0.25, 0.3) is 16.6 Å². The number of methoxy groups -OCH3 is 1. The third kappa shape index (κ3) is 5.89. The van der Waals surface area contributed by atoms with E-state index in [0.29, 0.717) is 33.1 Å². The number of benzene rings is 3. The number of nitrogens with one attached hydrogen (secondary N) is 1. The van der Waals surface area contributed by atoms with Crippen molar-refractivity contribution < 1.29 is 28.6 Å². The summed E-state index contributed by atoms with van der Waals surface area (Å²) < 4.78 is 18.0. The van der Waals surface area contributed by atoms with Gasteiger partial charge < -0.3 is 19.5 Å². The number of carbonyl (C=O) groups is 3. The molecule has 4 aliphatic carbocycles. The normalized spacial score (nSPS) is 24.1. The molecule has 1 aromatic heterocycles. The molecule has 8 rings (SSSR count). The van der Waals surface area contributed by atoms with Crippen LogP contribution in [0.1, 0.15) is 60.5 Å². The number of pyridine rings is 1. The average molecular weight is 655 g/mol. The second-order valence-corrected chi connectivity index (χ2v) is 13.6. The summed E-state index contributed by atoms with van der Waals surface area (Å²) in [5.74, 6) is 0.741. The fourth-order valence-corrected chi connectivity index (χ4v) is 8.60. The first-order valence-corrected chi connectivity index (χ1v) is 16.3. The van der Waals surface area contributed by atoms with E-state index in [0.717, 1.165) is 37.7 Å². The highest BCUT2D eigenvalue weighted by atomic mass is 35.5. The number of hydrogen-bond acceptors (Lipinski definition) is 7. The number of carbonyl (C=O) groups excluding carboxylic acids is 3. The predicted octanol–water partition coefficient (Wildman–Crippen LogP) is 6.62. The molecule has 4 saturated carbocycles. The topological polar surface area (TPSA) is 113 Å². The van der Waals surface area contributed by atoms with Gasteiger partial charge in [-0.05, 0) is 97.9 Å². The molecule has 5 atom stereocenters. The van der Waals surface area contributed by atoms with Gasteiger partial charge in [0.1, 0.15) is 5.60 Å². The summed E-state index contributed by atoms with van der Waals surface area (Å²) in [5.41, 5.74) is 1.97. The summed E-state index contributed by atoms with van der Waals surface area (Å²) in [5, 5.41) is 4.13. The highest BCUT2D eigenvalue weighted by Gasteiger charge is 2.57. The Morgan fingerprint density at radius 2 is 1.66 bits per heavy atom. The van der Waals surface area contributed by atoms with Gasteiger partial charge in [0.05, 0.1) is 18.2 Å². The van der Waals surface area contributed by atoms with E-state index in [1.165, 1.54) is 14.0 Å². The molecule has 0 saturated heterocycles. The molecule has 1 N–H and O–H groups in total. The van der Waals surface area contributed by atoms with Crippen molar-refractivity contribution in [1.82, 2.24) is 9.88 Å². The van der Waals surface area contributed by atoms with E-state index in [1.54, 1.807) is 34.9 Å². The largest absolute Gasteiger partial charge is 0.514 e. The van der Waals surface area contributed by atoms with Crippen LogP contribution in [0.5, 0.6) is 5.88 Å². The Morgan fingerprint density at radius 1 is 0.957 bits per heavy atom. The van der Waals surface area contributed by atoms with E-state index in [2.05, 4.69) is 5.32 Å². The van der Waals surface area contributed by atoms with Crippen LogP contribution >= 0.6 is 11.6 Å². The number of aromatic nitrogens is 1. The number of esters is 1. The molecule has 4 aromatic rings. The zero-order valence-electron chi connectivity index (χ0n) is 26.2. The van der Waals surface area contributed by atoms with E-state index in [9.17, 15) is 19.2 Å². The molecule has 10 heteroatoms. The van der Waals surface area contributed by atoms with E-state index in [-0.39, 0.29) is 58.6 Å². The first kappa shape index (κ1) is 31.0. The van der Waals surface area contributed by atoms with Gasteiger partial charge in [-0.25, -0.2) is 4.79 Å². The third-order valence-electron chi connectivity index (χ3n) is 10.0. The Labute approximate surface area is 276 Å². The lowest BCUT2D eigenvalue weighted by molar-refractivity contribution is -0.188. The van der Waals surface area contributed by atoms with Crippen LogP contribution in [-0.2, 0) is 20.7 Å². The molecule has 0 spiro atoms. The Bertz CT molecular complexity index is 1920. The number of nitrogens with zero attached hydrogens (tertiary/aromatic N) is 1. The first-order chi connectivity index (χ1) is 22.6. The highest BCUT2D eigenvalue weighted by Crippen LogP contribution is 2.57. The molecule has 47 heavy (non-hydrogen) atoms. The maximum absolute atomic E-state index is 13.9. The van der Waals surface area contributed by atoms with Gasteiger partial charge in [0, 0.05) is 41.0 Å². The van der Waals surface area contributed by atoms with Gasteiger partial charge in [0.25, 0.3) is 5.91 Å². The Kier molecular flexibility index (Phi) is 8.04. The van der Waals surface area contributed by atoms with Crippen LogP contribution in [0, 0.1) is 17.8 Å². The van der Waals surface area contributed by atoms with E-state index < -0.39 is 6.16 Å². The van der Waals surface area contributed by atoms with Crippen molar-refractivity contribution >= 4 is 40.5 Å². The molecule has 4 bridgehead atoms. The molecule has 0 radical (unpaired) electrons. The van der Waals surface area contributed by atoms with E-state index in [4.69, 9.17) is 25.8 Å². The third-order valence-corrected chi connectivity index (χ3v) is 10.2. The Morgan fingerprint density at radius 3 is 2.32 bits per heavy atom. The van der Waals surface area contributed by atoms with Crippen LogP contribution < -0.4 is 15.5 Å². The van der Waals surface area contributed by atoms with Gasteiger partial charge in [-0.2, -0.15) is 0 Å². The van der Waals surface area contributed by atoms with Gasteiger partial charge in [-0.1, -0.05) is 41.9 Å². The molecule has 4 aliphatic rings. The SMILES string of the molecule is COC(=O)Oc1c(Cc2ccc(C(=O)NC3[C@@H]4CC5C[C@H]3CC(OC(C)=O)(C5)C4)cc2)c(=O)c2ccc(Cl)cc2n1-c1ccccc1. The van der Waals surface area contributed by atoms with Crippen LogP contribution in [0.4, 0.5) is 4.79 Å². The minimum absolute atomic E-state index is 0.0260. The second kappa shape index (κ2) is 12.2. The minimum atomic E-state index is -0.965. The van der Waals surface area contributed by atoms with Crippen molar-refractivity contribution in [3.05, 3.63) is 105 Å². The van der Waals surface area contributed by atoms with Crippen molar-refractivity contribution in [2.75, 3.05) is 7.11 Å². The van der Waals surface area contributed by atoms with Crippen LogP contribution in [0.3, 0.4) is 0 Å². The molecular weight excluding hydrogens is 620 g/mol. The number of hydrogen-bond donors (Lipinski definition) is 1. The number of halogens is 1. The molecule has 1 heterocycles. The lowest BCUT2D eigenvalue weighted by Crippen LogP contribution is -2.62. The van der Waals surface area contributed by atoms with E-state index >= 15 is 0 Å².